The van der Waals surface area contributed by atoms with Crippen LogP contribution in [0.15, 0.2) is 59.2 Å². The number of carbonyl (C=O) groups excluding carboxylic acids is 2. The maximum atomic E-state index is 12.7. The molecule has 0 bridgehead atoms. The number of hydrogen-bond donors (Lipinski definition) is 3. The van der Waals surface area contributed by atoms with Crippen LogP contribution in [0.2, 0.25) is 0 Å². The number of thiazole rings is 1. The van der Waals surface area contributed by atoms with Gasteiger partial charge < -0.3 is 15.6 Å². The summed E-state index contributed by atoms with van der Waals surface area (Å²) >= 11 is 4.62. The molecule has 0 fully saturated rings. The second-order valence-electron chi connectivity index (χ2n) is 7.10. The number of carbonyl (C=O) groups is 2. The lowest BCUT2D eigenvalue weighted by Gasteiger charge is -2.06. The minimum absolute atomic E-state index is 0.0744. The van der Waals surface area contributed by atoms with Crippen LogP contribution in [0.4, 0.5) is 13.2 Å². The fourth-order valence-corrected chi connectivity index (χ4v) is 4.32. The van der Waals surface area contributed by atoms with E-state index in [9.17, 15) is 22.8 Å². The average Bonchev–Trinajstić information content (AvgIpc) is 3.41. The van der Waals surface area contributed by atoms with E-state index in [1.807, 2.05) is 24.3 Å². The van der Waals surface area contributed by atoms with Gasteiger partial charge in [-0.15, -0.1) is 11.3 Å². The van der Waals surface area contributed by atoms with Crippen molar-refractivity contribution >= 4 is 50.0 Å². The van der Waals surface area contributed by atoms with Crippen LogP contribution in [0.5, 0.6) is 0 Å². The van der Waals surface area contributed by atoms with E-state index in [1.165, 1.54) is 29.7 Å². The number of rotatable bonds is 5. The number of nitrogens with zero attached hydrogens (tertiary/aromatic N) is 1. The van der Waals surface area contributed by atoms with Gasteiger partial charge in [0.15, 0.2) is 0 Å². The molecule has 0 spiro atoms. The molecule has 4 aromatic rings. The minimum Gasteiger partial charge on any atom is -0.357 e. The van der Waals surface area contributed by atoms with Crippen LogP contribution in [0.1, 0.15) is 16.1 Å². The lowest BCUT2D eigenvalue weighted by atomic mass is 10.1. The Bertz CT molecular complexity index is 1320. The summed E-state index contributed by atoms with van der Waals surface area (Å²) in [6, 6.07) is 12.3. The Kier molecular flexibility index (Phi) is 6.52. The summed E-state index contributed by atoms with van der Waals surface area (Å²) in [6.07, 6.45) is -2.89. The van der Waals surface area contributed by atoms with E-state index in [-0.39, 0.29) is 13.1 Å². The van der Waals surface area contributed by atoms with Gasteiger partial charge in [0.05, 0.1) is 18.7 Å². The summed E-state index contributed by atoms with van der Waals surface area (Å²) in [5, 5.41) is 6.57. The predicted octanol–water partition coefficient (Wildman–Crippen LogP) is 5.01. The van der Waals surface area contributed by atoms with Crippen molar-refractivity contribution in [3.05, 3.63) is 75.3 Å². The Balaban J connectivity index is 1.29. The van der Waals surface area contributed by atoms with Crippen LogP contribution in [-0.2, 0) is 28.9 Å². The first-order chi connectivity index (χ1) is 15.7. The van der Waals surface area contributed by atoms with Crippen molar-refractivity contribution in [2.24, 2.45) is 0 Å². The summed E-state index contributed by atoms with van der Waals surface area (Å²) in [5.74, 6) is -1.57. The molecular formula is C22H16BrF3N4O2S. The molecular weight excluding hydrogens is 521 g/mol. The number of aromatic amines is 1. The molecule has 4 rings (SSSR count). The van der Waals surface area contributed by atoms with Crippen LogP contribution in [0, 0.1) is 0 Å². The molecule has 2 heterocycles. The number of halogens is 4. The molecule has 2 aromatic carbocycles. The molecule has 6 nitrogen and oxygen atoms in total. The summed E-state index contributed by atoms with van der Waals surface area (Å²) in [6.45, 7) is 0.238. The van der Waals surface area contributed by atoms with E-state index in [2.05, 4.69) is 36.5 Å². The van der Waals surface area contributed by atoms with Crippen molar-refractivity contribution in [3.8, 4) is 10.6 Å². The van der Waals surface area contributed by atoms with Crippen molar-refractivity contribution in [2.45, 2.75) is 19.3 Å². The molecule has 2 aromatic heterocycles. The number of amides is 2. The Morgan fingerprint density at radius 2 is 1.70 bits per heavy atom. The number of H-pyrrole nitrogens is 1. The van der Waals surface area contributed by atoms with Crippen molar-refractivity contribution < 1.29 is 22.8 Å². The molecule has 33 heavy (non-hydrogen) atoms. The van der Waals surface area contributed by atoms with Gasteiger partial charge in [-0.1, -0.05) is 28.1 Å². The Labute approximate surface area is 198 Å². The second kappa shape index (κ2) is 9.36. The van der Waals surface area contributed by atoms with E-state index in [1.54, 1.807) is 0 Å². The zero-order valence-corrected chi connectivity index (χ0v) is 19.2. The topological polar surface area (TPSA) is 86.9 Å². The van der Waals surface area contributed by atoms with E-state index in [0.717, 1.165) is 33.2 Å². The monoisotopic (exact) mass is 536 g/mol. The van der Waals surface area contributed by atoms with E-state index in [0.29, 0.717) is 15.4 Å². The highest BCUT2D eigenvalue weighted by molar-refractivity contribution is 9.10. The van der Waals surface area contributed by atoms with Gasteiger partial charge in [-0.3, -0.25) is 9.59 Å². The van der Waals surface area contributed by atoms with Gasteiger partial charge in [-0.2, -0.15) is 13.2 Å². The van der Waals surface area contributed by atoms with Gasteiger partial charge in [-0.05, 0) is 36.4 Å². The first-order valence-electron chi connectivity index (χ1n) is 9.64. The number of alkyl halides is 3. The quantitative estimate of drug-likeness (QED) is 0.313. The average molecular weight is 537 g/mol. The Hall–Kier alpha value is -3.18. The second-order valence-corrected chi connectivity index (χ2v) is 9.13. The molecule has 11 heteroatoms. The van der Waals surface area contributed by atoms with Gasteiger partial charge >= 0.3 is 18.0 Å². The lowest BCUT2D eigenvalue weighted by molar-refractivity contribution is -0.139. The molecule has 2 amide bonds. The van der Waals surface area contributed by atoms with Gasteiger partial charge in [0, 0.05) is 37.7 Å². The molecule has 0 saturated carbocycles. The lowest BCUT2D eigenvalue weighted by Crippen LogP contribution is -2.39. The normalized spacial score (nSPS) is 11.5. The molecule has 170 valence electrons. The smallest absolute Gasteiger partial charge is 0.357 e. The van der Waals surface area contributed by atoms with Crippen LogP contribution < -0.4 is 10.6 Å². The Morgan fingerprint density at radius 1 is 1.00 bits per heavy atom. The van der Waals surface area contributed by atoms with E-state index in [4.69, 9.17) is 0 Å². The maximum Gasteiger partial charge on any atom is 0.416 e. The molecule has 0 saturated heterocycles. The fourth-order valence-electron chi connectivity index (χ4n) is 3.09. The maximum absolute atomic E-state index is 12.7. The highest BCUT2D eigenvalue weighted by Gasteiger charge is 2.30. The fraction of sp³-hybridized carbons (Fsp3) is 0.136. The summed E-state index contributed by atoms with van der Waals surface area (Å²) < 4.78 is 39.0. The molecule has 0 unspecified atom stereocenters. The third-order valence-electron chi connectivity index (χ3n) is 4.72. The van der Waals surface area contributed by atoms with Crippen molar-refractivity contribution in [1.29, 1.82) is 0 Å². The summed E-state index contributed by atoms with van der Waals surface area (Å²) in [7, 11) is 0. The van der Waals surface area contributed by atoms with Crippen molar-refractivity contribution in [2.75, 3.05) is 0 Å². The number of nitrogens with one attached hydrogen (secondary N) is 3. The summed E-state index contributed by atoms with van der Waals surface area (Å²) in [4.78, 5) is 32.2. The third-order valence-corrected chi connectivity index (χ3v) is 6.26. The zero-order valence-electron chi connectivity index (χ0n) is 16.8. The largest absolute Gasteiger partial charge is 0.416 e. The highest BCUT2D eigenvalue weighted by Crippen LogP contribution is 2.32. The number of benzene rings is 2. The standard InChI is InChI=1S/C22H16BrF3N4O2S/c23-15-5-6-18-13(7-15)8-16(30-18)9-27-19(31)20(32)28-10-17-11-29-21(33-17)12-1-3-14(4-2-12)22(24,25)26/h1-8,11,30H,9-10H2,(H,27,31)(H,28,32). The van der Waals surface area contributed by atoms with E-state index >= 15 is 0 Å². The third kappa shape index (κ3) is 5.60. The zero-order chi connectivity index (χ0) is 23.6. The molecule has 0 radical (unpaired) electrons. The molecule has 3 N–H and O–H groups in total. The van der Waals surface area contributed by atoms with Gasteiger partial charge in [-0.25, -0.2) is 4.98 Å². The van der Waals surface area contributed by atoms with Crippen LogP contribution >= 0.6 is 27.3 Å². The number of hydrogen-bond acceptors (Lipinski definition) is 4. The van der Waals surface area contributed by atoms with Gasteiger partial charge in [0.25, 0.3) is 0 Å². The minimum atomic E-state index is -4.40. The first kappa shape index (κ1) is 23.0. The highest BCUT2D eigenvalue weighted by atomic mass is 79.9. The first-order valence-corrected chi connectivity index (χ1v) is 11.3. The molecule has 0 atom stereocenters. The SMILES string of the molecule is O=C(NCc1cc2cc(Br)ccc2[nH]1)C(=O)NCc1cnc(-c2ccc(C(F)(F)F)cc2)s1. The predicted molar refractivity (Wildman–Crippen MR) is 122 cm³/mol. The Morgan fingerprint density at radius 3 is 2.39 bits per heavy atom. The van der Waals surface area contributed by atoms with E-state index < -0.39 is 23.6 Å². The van der Waals surface area contributed by atoms with Crippen LogP contribution in [-0.4, -0.2) is 21.8 Å². The molecule has 0 aliphatic heterocycles. The molecule has 0 aliphatic carbocycles. The van der Waals surface area contributed by atoms with Crippen LogP contribution in [0.25, 0.3) is 21.5 Å². The van der Waals surface area contributed by atoms with Gasteiger partial charge in [0.1, 0.15) is 5.01 Å². The van der Waals surface area contributed by atoms with Gasteiger partial charge in [0.2, 0.25) is 0 Å². The van der Waals surface area contributed by atoms with Crippen molar-refractivity contribution in [1.82, 2.24) is 20.6 Å². The summed E-state index contributed by atoms with van der Waals surface area (Å²) in [5.41, 5.74) is 1.48. The molecule has 0 aliphatic rings. The van der Waals surface area contributed by atoms with Crippen LogP contribution in [0.3, 0.4) is 0 Å². The van der Waals surface area contributed by atoms with Crippen molar-refractivity contribution in [3.63, 3.8) is 0 Å². The number of fused-ring (bicyclic) bond motifs is 1. The number of aromatic nitrogens is 2.